The average Bonchev–Trinajstić information content (AvgIpc) is 3.19. The molecule has 2 aromatic rings. The molecule has 180 valence electrons. The van der Waals surface area contributed by atoms with Crippen molar-refractivity contribution in [2.45, 2.75) is 52.9 Å². The van der Waals surface area contributed by atoms with E-state index in [4.69, 9.17) is 0 Å². The van der Waals surface area contributed by atoms with E-state index in [1.807, 2.05) is 13.8 Å². The number of hydrogen-bond donors (Lipinski definition) is 2. The smallest absolute Gasteiger partial charge is 0.254 e. The first-order valence-corrected chi connectivity index (χ1v) is 12.2. The Balaban J connectivity index is 1.88. The molecule has 0 fully saturated rings. The summed E-state index contributed by atoms with van der Waals surface area (Å²) in [6, 6.07) is 5.26. The Labute approximate surface area is 198 Å². The Morgan fingerprint density at radius 2 is 1.82 bits per heavy atom. The van der Waals surface area contributed by atoms with Crippen LogP contribution in [0.3, 0.4) is 0 Å². The second-order valence-corrected chi connectivity index (χ2v) is 9.22. The zero-order chi connectivity index (χ0) is 24.2. The predicted octanol–water partition coefficient (Wildman–Crippen LogP) is 4.26. The van der Waals surface area contributed by atoms with Gasteiger partial charge in [-0.05, 0) is 36.6 Å². The summed E-state index contributed by atoms with van der Waals surface area (Å²) < 4.78 is 13.2. The highest BCUT2D eigenvalue weighted by Gasteiger charge is 2.21. The van der Waals surface area contributed by atoms with Crippen molar-refractivity contribution in [2.24, 2.45) is 5.92 Å². The summed E-state index contributed by atoms with van der Waals surface area (Å²) in [6.45, 7) is 6.92. The molecule has 1 aromatic heterocycles. The fourth-order valence-electron chi connectivity index (χ4n) is 3.22. The van der Waals surface area contributed by atoms with Gasteiger partial charge < -0.3 is 15.5 Å². The SMILES string of the molecule is CCCCCCNC(=O)Cc1csc(NC(=O)CN(CC(C)C)C(=O)c2ccc(F)cc2)n1. The van der Waals surface area contributed by atoms with Gasteiger partial charge >= 0.3 is 0 Å². The largest absolute Gasteiger partial charge is 0.356 e. The number of halogens is 1. The second kappa shape index (κ2) is 13.7. The zero-order valence-corrected chi connectivity index (χ0v) is 20.3. The van der Waals surface area contributed by atoms with Gasteiger partial charge in [0.2, 0.25) is 11.8 Å². The van der Waals surface area contributed by atoms with Gasteiger partial charge in [0.05, 0.1) is 12.1 Å². The van der Waals surface area contributed by atoms with Gasteiger partial charge in [0, 0.05) is 24.0 Å². The third-order valence-electron chi connectivity index (χ3n) is 4.79. The van der Waals surface area contributed by atoms with Crippen molar-refractivity contribution in [2.75, 3.05) is 25.0 Å². The van der Waals surface area contributed by atoms with E-state index in [1.165, 1.54) is 40.5 Å². The number of thiazole rings is 1. The molecular formula is C24H33FN4O3S. The molecule has 0 spiro atoms. The quantitative estimate of drug-likeness (QED) is 0.423. The van der Waals surface area contributed by atoms with E-state index in [0.29, 0.717) is 29.5 Å². The highest BCUT2D eigenvalue weighted by atomic mass is 32.1. The van der Waals surface area contributed by atoms with Crippen LogP contribution in [0, 0.1) is 11.7 Å². The monoisotopic (exact) mass is 476 g/mol. The lowest BCUT2D eigenvalue weighted by molar-refractivity contribution is -0.120. The first-order valence-electron chi connectivity index (χ1n) is 11.3. The van der Waals surface area contributed by atoms with Crippen LogP contribution < -0.4 is 10.6 Å². The van der Waals surface area contributed by atoms with E-state index in [9.17, 15) is 18.8 Å². The molecule has 1 aromatic carbocycles. The molecule has 0 radical (unpaired) electrons. The van der Waals surface area contributed by atoms with Gasteiger partial charge in [-0.1, -0.05) is 40.0 Å². The molecule has 2 N–H and O–H groups in total. The number of anilines is 1. The Morgan fingerprint density at radius 3 is 2.48 bits per heavy atom. The Bertz CT molecular complexity index is 915. The second-order valence-electron chi connectivity index (χ2n) is 8.37. The molecule has 7 nitrogen and oxygen atoms in total. The Kier molecular flexibility index (Phi) is 11.0. The summed E-state index contributed by atoms with van der Waals surface area (Å²) in [5.74, 6) is -1.09. The van der Waals surface area contributed by atoms with E-state index in [2.05, 4.69) is 22.5 Å². The van der Waals surface area contributed by atoms with Crippen molar-refractivity contribution in [3.05, 3.63) is 46.7 Å². The predicted molar refractivity (Wildman–Crippen MR) is 129 cm³/mol. The Morgan fingerprint density at radius 1 is 1.09 bits per heavy atom. The van der Waals surface area contributed by atoms with Gasteiger partial charge in [-0.15, -0.1) is 11.3 Å². The van der Waals surface area contributed by atoms with Crippen molar-refractivity contribution in [1.82, 2.24) is 15.2 Å². The zero-order valence-electron chi connectivity index (χ0n) is 19.5. The molecule has 1 heterocycles. The lowest BCUT2D eigenvalue weighted by atomic mass is 10.1. The van der Waals surface area contributed by atoms with Crippen molar-refractivity contribution in [3.63, 3.8) is 0 Å². The van der Waals surface area contributed by atoms with Crippen LogP contribution in [0.4, 0.5) is 9.52 Å². The third kappa shape index (κ3) is 9.69. The van der Waals surface area contributed by atoms with Crippen molar-refractivity contribution in [3.8, 4) is 0 Å². The lowest BCUT2D eigenvalue weighted by Crippen LogP contribution is -2.40. The molecule has 0 aliphatic rings. The molecule has 2 rings (SSSR count). The van der Waals surface area contributed by atoms with Gasteiger partial charge in [-0.2, -0.15) is 0 Å². The van der Waals surface area contributed by atoms with Gasteiger partial charge in [0.15, 0.2) is 5.13 Å². The molecule has 33 heavy (non-hydrogen) atoms. The van der Waals surface area contributed by atoms with Gasteiger partial charge in [0.25, 0.3) is 5.91 Å². The third-order valence-corrected chi connectivity index (χ3v) is 5.60. The van der Waals surface area contributed by atoms with Crippen LogP contribution in [0.2, 0.25) is 0 Å². The molecule has 9 heteroatoms. The fourth-order valence-corrected chi connectivity index (χ4v) is 3.95. The molecule has 0 bridgehead atoms. The average molecular weight is 477 g/mol. The standard InChI is InChI=1S/C24H33FN4O3S/c1-4-5-6-7-12-26-21(30)13-20-16-33-24(27-20)28-22(31)15-29(14-17(2)3)23(32)18-8-10-19(25)11-9-18/h8-11,16-17H,4-7,12-15H2,1-3H3,(H,26,30)(H,27,28,31). The number of benzene rings is 1. The Hall–Kier alpha value is -2.81. The summed E-state index contributed by atoms with van der Waals surface area (Å²) in [4.78, 5) is 43.2. The van der Waals surface area contributed by atoms with Crippen LogP contribution in [-0.4, -0.2) is 47.2 Å². The molecule has 0 aliphatic heterocycles. The number of amides is 3. The number of rotatable bonds is 13. The summed E-state index contributed by atoms with van der Waals surface area (Å²) in [6.07, 6.45) is 4.53. The van der Waals surface area contributed by atoms with Crippen LogP contribution in [0.25, 0.3) is 0 Å². The molecule has 0 atom stereocenters. The van der Waals surface area contributed by atoms with Crippen LogP contribution in [0.5, 0.6) is 0 Å². The van der Waals surface area contributed by atoms with Crippen molar-refractivity contribution < 1.29 is 18.8 Å². The number of carbonyl (C=O) groups is 3. The topological polar surface area (TPSA) is 91.4 Å². The number of unbranched alkanes of at least 4 members (excludes halogenated alkanes) is 3. The first kappa shape index (κ1) is 26.4. The number of nitrogens with zero attached hydrogens (tertiary/aromatic N) is 2. The number of hydrogen-bond acceptors (Lipinski definition) is 5. The summed E-state index contributed by atoms with van der Waals surface area (Å²) in [5.41, 5.74) is 0.907. The van der Waals surface area contributed by atoms with Crippen LogP contribution in [0.15, 0.2) is 29.6 Å². The minimum absolute atomic E-state index is 0.0947. The molecular weight excluding hydrogens is 443 g/mol. The van der Waals surface area contributed by atoms with E-state index in [1.54, 1.807) is 5.38 Å². The number of nitrogens with one attached hydrogen (secondary N) is 2. The molecule has 3 amide bonds. The van der Waals surface area contributed by atoms with Gasteiger partial charge in [0.1, 0.15) is 12.4 Å². The maximum absolute atomic E-state index is 13.2. The van der Waals surface area contributed by atoms with Gasteiger partial charge in [-0.25, -0.2) is 9.37 Å². The summed E-state index contributed by atoms with van der Waals surface area (Å²) in [7, 11) is 0. The number of aromatic nitrogens is 1. The minimum Gasteiger partial charge on any atom is -0.356 e. The number of carbonyl (C=O) groups excluding carboxylic acids is 3. The first-order chi connectivity index (χ1) is 15.8. The molecule has 0 aliphatic carbocycles. The fraction of sp³-hybridized carbons (Fsp3) is 0.500. The molecule has 0 saturated heterocycles. The summed E-state index contributed by atoms with van der Waals surface area (Å²) in [5, 5.41) is 7.71. The maximum atomic E-state index is 13.2. The van der Waals surface area contributed by atoms with Gasteiger partial charge in [-0.3, -0.25) is 14.4 Å². The van der Waals surface area contributed by atoms with Crippen LogP contribution in [-0.2, 0) is 16.0 Å². The van der Waals surface area contributed by atoms with E-state index in [0.717, 1.165) is 25.7 Å². The van der Waals surface area contributed by atoms with Crippen LogP contribution in [0.1, 0.15) is 62.5 Å². The molecule has 0 saturated carbocycles. The van der Waals surface area contributed by atoms with E-state index >= 15 is 0 Å². The molecule has 0 unspecified atom stereocenters. The maximum Gasteiger partial charge on any atom is 0.254 e. The summed E-state index contributed by atoms with van der Waals surface area (Å²) >= 11 is 1.23. The highest BCUT2D eigenvalue weighted by molar-refractivity contribution is 7.13. The minimum atomic E-state index is -0.426. The highest BCUT2D eigenvalue weighted by Crippen LogP contribution is 2.16. The normalized spacial score (nSPS) is 10.8. The van der Waals surface area contributed by atoms with E-state index in [-0.39, 0.29) is 36.6 Å². The lowest BCUT2D eigenvalue weighted by Gasteiger charge is -2.24. The van der Waals surface area contributed by atoms with Crippen molar-refractivity contribution >= 4 is 34.2 Å². The van der Waals surface area contributed by atoms with Crippen LogP contribution >= 0.6 is 11.3 Å². The van der Waals surface area contributed by atoms with Crippen molar-refractivity contribution in [1.29, 1.82) is 0 Å². The van der Waals surface area contributed by atoms with E-state index < -0.39 is 5.82 Å².